The molecule has 2 aliphatic heterocycles. The zero-order valence-electron chi connectivity index (χ0n) is 17.3. The van der Waals surface area contributed by atoms with Crippen molar-refractivity contribution < 1.29 is 14.3 Å². The number of hydrogen-bond donors (Lipinski definition) is 0. The Kier molecular flexibility index (Phi) is 4.89. The maximum atomic E-state index is 13.4. The number of piperidine rings is 1. The molecule has 0 atom stereocenters. The first kappa shape index (κ1) is 19.1. The van der Waals surface area contributed by atoms with E-state index in [0.29, 0.717) is 25.5 Å². The van der Waals surface area contributed by atoms with Crippen molar-refractivity contribution in [1.29, 1.82) is 0 Å². The molecular weight excluding hydrogens is 364 g/mol. The highest BCUT2D eigenvalue weighted by Crippen LogP contribution is 2.50. The fraction of sp³-hybridized carbons (Fsp3) is 0.667. The summed E-state index contributed by atoms with van der Waals surface area (Å²) in [6.45, 7) is 3.58. The van der Waals surface area contributed by atoms with Crippen LogP contribution in [0.2, 0.25) is 0 Å². The van der Waals surface area contributed by atoms with E-state index in [0.717, 1.165) is 50.9 Å². The predicted octanol–water partition coefficient (Wildman–Crippen LogP) is 3.13. The molecule has 156 valence electrons. The molecule has 0 unspecified atom stereocenters. The SMILES string of the molecule is O=C1CCOC2(CCN(C(=O)C3(c4ccccc4)CC3)CC2)CN1CC1CCC1. The standard InChI is InChI=1S/C24H32N2O3/c27-21-9-16-29-23(18-26(21)17-19-5-4-6-19)12-14-25(15-13-23)22(28)24(10-11-24)20-7-2-1-3-8-20/h1-3,7-8,19H,4-6,9-18H2. The Bertz CT molecular complexity index is 762. The number of hydrogen-bond acceptors (Lipinski definition) is 3. The van der Waals surface area contributed by atoms with Crippen LogP contribution in [0.25, 0.3) is 0 Å². The summed E-state index contributed by atoms with van der Waals surface area (Å²) in [6, 6.07) is 10.3. The summed E-state index contributed by atoms with van der Waals surface area (Å²) < 4.78 is 6.28. The van der Waals surface area contributed by atoms with Gasteiger partial charge in [-0.05, 0) is 50.0 Å². The molecule has 1 aromatic rings. The summed E-state index contributed by atoms with van der Waals surface area (Å²) in [6.07, 6.45) is 7.87. The smallest absolute Gasteiger partial charge is 0.233 e. The van der Waals surface area contributed by atoms with Crippen LogP contribution in [-0.4, -0.2) is 60.0 Å². The average Bonchev–Trinajstić information content (AvgIpc) is 3.53. The Balaban J connectivity index is 1.24. The summed E-state index contributed by atoms with van der Waals surface area (Å²) in [5.41, 5.74) is 0.603. The zero-order valence-corrected chi connectivity index (χ0v) is 17.3. The highest BCUT2D eigenvalue weighted by Gasteiger charge is 2.54. The third kappa shape index (κ3) is 3.58. The highest BCUT2D eigenvalue weighted by molar-refractivity contribution is 5.91. The van der Waals surface area contributed by atoms with Crippen molar-refractivity contribution in [2.24, 2.45) is 5.92 Å². The number of likely N-dealkylation sites (tertiary alicyclic amines) is 1. The molecule has 5 heteroatoms. The van der Waals surface area contributed by atoms with Gasteiger partial charge in [-0.25, -0.2) is 0 Å². The van der Waals surface area contributed by atoms with E-state index in [9.17, 15) is 9.59 Å². The number of amides is 2. The van der Waals surface area contributed by atoms with Crippen LogP contribution in [0.3, 0.4) is 0 Å². The molecule has 2 aliphatic carbocycles. The minimum atomic E-state index is -0.289. The van der Waals surface area contributed by atoms with Crippen LogP contribution in [0.4, 0.5) is 0 Å². The third-order valence-electron chi connectivity index (χ3n) is 7.71. The monoisotopic (exact) mass is 396 g/mol. The number of benzene rings is 1. The maximum absolute atomic E-state index is 13.4. The third-order valence-corrected chi connectivity index (χ3v) is 7.71. The van der Waals surface area contributed by atoms with Crippen molar-refractivity contribution in [2.75, 3.05) is 32.8 Å². The molecule has 0 aromatic heterocycles. The number of rotatable bonds is 4. The second kappa shape index (κ2) is 7.42. The topological polar surface area (TPSA) is 49.9 Å². The molecule has 0 N–H and O–H groups in total. The molecule has 4 fully saturated rings. The van der Waals surface area contributed by atoms with Gasteiger partial charge in [0.05, 0.1) is 24.0 Å². The van der Waals surface area contributed by atoms with Gasteiger partial charge < -0.3 is 14.5 Å². The first-order valence-electron chi connectivity index (χ1n) is 11.4. The highest BCUT2D eigenvalue weighted by atomic mass is 16.5. The van der Waals surface area contributed by atoms with Crippen molar-refractivity contribution in [1.82, 2.24) is 9.80 Å². The zero-order chi connectivity index (χ0) is 19.9. The summed E-state index contributed by atoms with van der Waals surface area (Å²) in [5.74, 6) is 1.21. The summed E-state index contributed by atoms with van der Waals surface area (Å²) in [7, 11) is 0. The fourth-order valence-electron chi connectivity index (χ4n) is 5.38. The molecule has 2 amide bonds. The Hall–Kier alpha value is -1.88. The lowest BCUT2D eigenvalue weighted by Crippen LogP contribution is -2.55. The van der Waals surface area contributed by atoms with Crippen molar-refractivity contribution >= 4 is 11.8 Å². The van der Waals surface area contributed by atoms with Gasteiger partial charge in [0.25, 0.3) is 0 Å². The van der Waals surface area contributed by atoms with Crippen LogP contribution in [0.15, 0.2) is 30.3 Å². The van der Waals surface area contributed by atoms with E-state index in [1.54, 1.807) is 0 Å². The van der Waals surface area contributed by atoms with E-state index in [4.69, 9.17) is 4.74 Å². The molecule has 0 radical (unpaired) electrons. The van der Waals surface area contributed by atoms with Crippen molar-refractivity contribution in [2.45, 2.75) is 62.4 Å². The van der Waals surface area contributed by atoms with Gasteiger partial charge in [-0.1, -0.05) is 36.8 Å². The first-order chi connectivity index (χ1) is 14.1. The number of ether oxygens (including phenoxy) is 1. The molecule has 5 rings (SSSR count). The van der Waals surface area contributed by atoms with E-state index in [1.165, 1.54) is 19.3 Å². The lowest BCUT2D eigenvalue weighted by Gasteiger charge is -2.44. The van der Waals surface area contributed by atoms with Crippen molar-refractivity contribution in [3.63, 3.8) is 0 Å². The Morgan fingerprint density at radius 3 is 2.41 bits per heavy atom. The Morgan fingerprint density at radius 1 is 1.07 bits per heavy atom. The Labute approximate surface area is 173 Å². The molecule has 2 saturated carbocycles. The van der Waals surface area contributed by atoms with Crippen LogP contribution in [0, 0.1) is 5.92 Å². The van der Waals surface area contributed by atoms with E-state index in [2.05, 4.69) is 21.9 Å². The molecule has 1 aromatic carbocycles. The summed E-state index contributed by atoms with van der Waals surface area (Å²) >= 11 is 0. The molecule has 29 heavy (non-hydrogen) atoms. The van der Waals surface area contributed by atoms with E-state index >= 15 is 0 Å². The van der Waals surface area contributed by atoms with Crippen LogP contribution in [0.5, 0.6) is 0 Å². The molecule has 1 spiro atoms. The lowest BCUT2D eigenvalue weighted by molar-refractivity contribution is -0.142. The van der Waals surface area contributed by atoms with Crippen molar-refractivity contribution in [3.8, 4) is 0 Å². The number of carbonyl (C=O) groups is 2. The van der Waals surface area contributed by atoms with Crippen LogP contribution >= 0.6 is 0 Å². The van der Waals surface area contributed by atoms with Gasteiger partial charge in [0.15, 0.2) is 0 Å². The molecule has 2 saturated heterocycles. The van der Waals surface area contributed by atoms with Crippen LogP contribution in [0.1, 0.15) is 56.9 Å². The maximum Gasteiger partial charge on any atom is 0.233 e. The van der Waals surface area contributed by atoms with E-state index in [-0.39, 0.29) is 22.8 Å². The van der Waals surface area contributed by atoms with Gasteiger partial charge >= 0.3 is 0 Å². The minimum Gasteiger partial charge on any atom is -0.372 e. The van der Waals surface area contributed by atoms with E-state index in [1.807, 2.05) is 18.2 Å². The summed E-state index contributed by atoms with van der Waals surface area (Å²) in [4.78, 5) is 30.0. The van der Waals surface area contributed by atoms with Gasteiger partial charge in [0, 0.05) is 26.2 Å². The van der Waals surface area contributed by atoms with Gasteiger partial charge in [0.2, 0.25) is 11.8 Å². The normalized spacial score (nSPS) is 26.1. The molecule has 5 nitrogen and oxygen atoms in total. The number of nitrogens with zero attached hydrogens (tertiary/aromatic N) is 2. The van der Waals surface area contributed by atoms with Crippen LogP contribution < -0.4 is 0 Å². The second-order valence-electron chi connectivity index (χ2n) is 9.59. The van der Waals surface area contributed by atoms with Gasteiger partial charge in [-0.2, -0.15) is 0 Å². The molecule has 2 heterocycles. The molecular formula is C24H32N2O3. The van der Waals surface area contributed by atoms with Gasteiger partial charge in [0.1, 0.15) is 0 Å². The Morgan fingerprint density at radius 2 is 1.79 bits per heavy atom. The largest absolute Gasteiger partial charge is 0.372 e. The van der Waals surface area contributed by atoms with Gasteiger partial charge in [-0.3, -0.25) is 9.59 Å². The second-order valence-corrected chi connectivity index (χ2v) is 9.59. The molecule has 0 bridgehead atoms. The number of carbonyl (C=O) groups excluding carboxylic acids is 2. The van der Waals surface area contributed by atoms with Crippen molar-refractivity contribution in [3.05, 3.63) is 35.9 Å². The fourth-order valence-corrected chi connectivity index (χ4v) is 5.38. The quantitative estimate of drug-likeness (QED) is 0.786. The van der Waals surface area contributed by atoms with E-state index < -0.39 is 0 Å². The lowest BCUT2D eigenvalue weighted by atomic mass is 9.84. The minimum absolute atomic E-state index is 0.244. The average molecular weight is 397 g/mol. The van der Waals surface area contributed by atoms with Crippen LogP contribution in [-0.2, 0) is 19.7 Å². The predicted molar refractivity (Wildman–Crippen MR) is 110 cm³/mol. The first-order valence-corrected chi connectivity index (χ1v) is 11.4. The van der Waals surface area contributed by atoms with Gasteiger partial charge in [-0.15, -0.1) is 0 Å². The summed E-state index contributed by atoms with van der Waals surface area (Å²) in [5, 5.41) is 0. The molecule has 4 aliphatic rings.